The molecule has 1 amide bonds. The van der Waals surface area contributed by atoms with E-state index in [-0.39, 0.29) is 5.91 Å². The minimum atomic E-state index is -0.623. The highest BCUT2D eigenvalue weighted by atomic mass is 16.5. The van der Waals surface area contributed by atoms with E-state index in [4.69, 9.17) is 14.2 Å². The van der Waals surface area contributed by atoms with Crippen LogP contribution in [-0.4, -0.2) is 26.2 Å². The Morgan fingerprint density at radius 1 is 0.963 bits per heavy atom. The first-order chi connectivity index (χ1) is 13.2. The van der Waals surface area contributed by atoms with Crippen molar-refractivity contribution in [3.63, 3.8) is 0 Å². The van der Waals surface area contributed by atoms with Crippen molar-refractivity contribution in [3.8, 4) is 17.2 Å². The third kappa shape index (κ3) is 4.14. The lowest BCUT2D eigenvalue weighted by Crippen LogP contribution is -2.32. The van der Waals surface area contributed by atoms with Gasteiger partial charge in [-0.1, -0.05) is 43.3 Å². The molecule has 0 aliphatic carbocycles. The van der Waals surface area contributed by atoms with Gasteiger partial charge in [0.2, 0.25) is 0 Å². The molecule has 140 valence electrons. The number of ether oxygens (including phenoxy) is 3. The molecule has 3 aromatic carbocycles. The largest absolute Gasteiger partial charge is 0.497 e. The van der Waals surface area contributed by atoms with Crippen LogP contribution in [0, 0.1) is 0 Å². The third-order valence-electron chi connectivity index (χ3n) is 4.35. The molecule has 3 rings (SSSR count). The van der Waals surface area contributed by atoms with Gasteiger partial charge in [0.15, 0.2) is 6.10 Å². The van der Waals surface area contributed by atoms with E-state index in [2.05, 4.69) is 5.32 Å². The maximum Gasteiger partial charge on any atom is 0.265 e. The first-order valence-electron chi connectivity index (χ1n) is 8.83. The summed E-state index contributed by atoms with van der Waals surface area (Å²) in [5.74, 6) is 1.65. The van der Waals surface area contributed by atoms with Crippen LogP contribution in [0.25, 0.3) is 10.8 Å². The number of amides is 1. The number of benzene rings is 3. The van der Waals surface area contributed by atoms with E-state index in [9.17, 15) is 4.79 Å². The molecule has 5 nitrogen and oxygen atoms in total. The number of rotatable bonds is 7. The molecular weight excluding hydrogens is 342 g/mol. The minimum Gasteiger partial charge on any atom is -0.497 e. The van der Waals surface area contributed by atoms with Crippen molar-refractivity contribution in [1.29, 1.82) is 0 Å². The molecule has 0 radical (unpaired) electrons. The summed E-state index contributed by atoms with van der Waals surface area (Å²) in [4.78, 5) is 12.8. The molecule has 0 spiro atoms. The molecule has 0 heterocycles. The molecule has 0 saturated heterocycles. The number of anilines is 1. The van der Waals surface area contributed by atoms with Crippen LogP contribution in [-0.2, 0) is 4.79 Å². The molecule has 0 saturated carbocycles. The zero-order chi connectivity index (χ0) is 19.2. The van der Waals surface area contributed by atoms with Crippen LogP contribution in [0.4, 0.5) is 5.69 Å². The first kappa shape index (κ1) is 18.6. The summed E-state index contributed by atoms with van der Waals surface area (Å²) in [5.41, 5.74) is 0.572. The minimum absolute atomic E-state index is 0.228. The summed E-state index contributed by atoms with van der Waals surface area (Å²) in [7, 11) is 3.13. The number of methoxy groups -OCH3 is 2. The van der Waals surface area contributed by atoms with Gasteiger partial charge in [-0.15, -0.1) is 0 Å². The van der Waals surface area contributed by atoms with E-state index in [0.717, 1.165) is 10.8 Å². The van der Waals surface area contributed by atoms with Crippen molar-refractivity contribution in [3.05, 3.63) is 60.7 Å². The van der Waals surface area contributed by atoms with Gasteiger partial charge in [-0.3, -0.25) is 4.79 Å². The van der Waals surface area contributed by atoms with Crippen molar-refractivity contribution >= 4 is 22.4 Å². The summed E-state index contributed by atoms with van der Waals surface area (Å²) >= 11 is 0. The molecule has 0 bridgehead atoms. The number of hydrogen-bond acceptors (Lipinski definition) is 4. The summed E-state index contributed by atoms with van der Waals surface area (Å²) < 4.78 is 16.6. The Hall–Kier alpha value is -3.21. The molecule has 3 aromatic rings. The second-order valence-electron chi connectivity index (χ2n) is 6.05. The lowest BCUT2D eigenvalue weighted by atomic mass is 10.1. The van der Waals surface area contributed by atoms with Gasteiger partial charge in [0.05, 0.1) is 19.9 Å². The molecule has 1 atom stereocenters. The quantitative estimate of drug-likeness (QED) is 0.662. The van der Waals surface area contributed by atoms with Crippen LogP contribution < -0.4 is 19.5 Å². The topological polar surface area (TPSA) is 56.8 Å². The highest BCUT2D eigenvalue weighted by molar-refractivity contribution is 5.96. The zero-order valence-electron chi connectivity index (χ0n) is 15.7. The monoisotopic (exact) mass is 365 g/mol. The van der Waals surface area contributed by atoms with Crippen molar-refractivity contribution in [2.45, 2.75) is 19.4 Å². The highest BCUT2D eigenvalue weighted by Crippen LogP contribution is 2.30. The number of carbonyl (C=O) groups excluding carboxylic acids is 1. The number of fused-ring (bicyclic) bond motifs is 1. The molecule has 0 fully saturated rings. The van der Waals surface area contributed by atoms with Gasteiger partial charge in [-0.05, 0) is 30.0 Å². The molecule has 0 unspecified atom stereocenters. The van der Waals surface area contributed by atoms with E-state index in [1.54, 1.807) is 32.4 Å². The summed E-state index contributed by atoms with van der Waals surface area (Å²) in [6, 6.07) is 19.0. The van der Waals surface area contributed by atoms with Gasteiger partial charge in [0, 0.05) is 11.5 Å². The smallest absolute Gasteiger partial charge is 0.265 e. The number of carbonyl (C=O) groups is 1. The summed E-state index contributed by atoms with van der Waals surface area (Å²) in [5, 5.41) is 4.94. The van der Waals surface area contributed by atoms with E-state index in [1.165, 1.54) is 0 Å². The molecule has 0 aromatic heterocycles. The molecule has 1 N–H and O–H groups in total. The molecular formula is C22H23NO4. The van der Waals surface area contributed by atoms with Crippen LogP contribution in [0.1, 0.15) is 13.3 Å². The van der Waals surface area contributed by atoms with Crippen LogP contribution in [0.5, 0.6) is 17.2 Å². The second-order valence-corrected chi connectivity index (χ2v) is 6.05. The van der Waals surface area contributed by atoms with E-state index in [0.29, 0.717) is 29.4 Å². The van der Waals surface area contributed by atoms with Gasteiger partial charge in [-0.25, -0.2) is 0 Å². The number of hydrogen-bond donors (Lipinski definition) is 1. The Bertz CT molecular complexity index is 933. The fraction of sp³-hybridized carbons (Fsp3) is 0.227. The van der Waals surface area contributed by atoms with Crippen molar-refractivity contribution < 1.29 is 19.0 Å². The van der Waals surface area contributed by atoms with E-state index in [1.807, 2.05) is 49.4 Å². The first-order valence-corrected chi connectivity index (χ1v) is 8.83. The normalized spacial score (nSPS) is 11.7. The lowest BCUT2D eigenvalue weighted by molar-refractivity contribution is -0.122. The second kappa shape index (κ2) is 8.45. The van der Waals surface area contributed by atoms with Gasteiger partial charge < -0.3 is 19.5 Å². The predicted molar refractivity (Wildman–Crippen MR) is 107 cm³/mol. The zero-order valence-corrected chi connectivity index (χ0v) is 15.7. The van der Waals surface area contributed by atoms with Crippen LogP contribution >= 0.6 is 0 Å². The van der Waals surface area contributed by atoms with E-state index >= 15 is 0 Å². The third-order valence-corrected chi connectivity index (χ3v) is 4.35. The molecule has 27 heavy (non-hydrogen) atoms. The Morgan fingerprint density at radius 3 is 2.48 bits per heavy atom. The van der Waals surface area contributed by atoms with Crippen LogP contribution in [0.2, 0.25) is 0 Å². The number of nitrogens with one attached hydrogen (secondary N) is 1. The average Bonchev–Trinajstić information content (AvgIpc) is 2.72. The molecule has 0 aliphatic heterocycles. The summed E-state index contributed by atoms with van der Waals surface area (Å²) in [6.45, 7) is 1.92. The Morgan fingerprint density at radius 2 is 1.74 bits per heavy atom. The molecule has 5 heteroatoms. The highest BCUT2D eigenvalue weighted by Gasteiger charge is 2.21. The SMILES string of the molecule is CC[C@@H](Oc1cccc2ccccc12)C(=O)Nc1ccc(OC)cc1OC. The Kier molecular flexibility index (Phi) is 5.81. The standard InChI is InChI=1S/C22H23NO4/c1-4-19(27-20-11-7-9-15-8-5-6-10-17(15)20)22(24)23-18-13-12-16(25-2)14-21(18)26-3/h5-14,19H,4H2,1-3H3,(H,23,24)/t19-/m1/s1. The average molecular weight is 365 g/mol. The maximum atomic E-state index is 12.8. The fourth-order valence-electron chi connectivity index (χ4n) is 2.89. The van der Waals surface area contributed by atoms with Crippen LogP contribution in [0.3, 0.4) is 0 Å². The Labute approximate surface area is 158 Å². The van der Waals surface area contributed by atoms with Gasteiger partial charge >= 0.3 is 0 Å². The fourth-order valence-corrected chi connectivity index (χ4v) is 2.89. The van der Waals surface area contributed by atoms with Gasteiger partial charge in [-0.2, -0.15) is 0 Å². The van der Waals surface area contributed by atoms with Crippen molar-refractivity contribution in [2.24, 2.45) is 0 Å². The van der Waals surface area contributed by atoms with Gasteiger partial charge in [0.25, 0.3) is 5.91 Å². The predicted octanol–water partition coefficient (Wildman–Crippen LogP) is 4.65. The maximum absolute atomic E-state index is 12.8. The van der Waals surface area contributed by atoms with Crippen molar-refractivity contribution in [2.75, 3.05) is 19.5 Å². The van der Waals surface area contributed by atoms with Gasteiger partial charge in [0.1, 0.15) is 17.2 Å². The Balaban J connectivity index is 1.80. The lowest BCUT2D eigenvalue weighted by Gasteiger charge is -2.19. The summed E-state index contributed by atoms with van der Waals surface area (Å²) in [6.07, 6.45) is -0.0873. The van der Waals surface area contributed by atoms with E-state index < -0.39 is 6.10 Å². The van der Waals surface area contributed by atoms with Crippen LogP contribution in [0.15, 0.2) is 60.7 Å². The van der Waals surface area contributed by atoms with Crippen molar-refractivity contribution in [1.82, 2.24) is 0 Å². The molecule has 0 aliphatic rings.